The molecule has 1 aromatic carbocycles. The molecule has 100 valence electrons. The van der Waals surface area contributed by atoms with E-state index in [0.29, 0.717) is 11.7 Å². The first-order chi connectivity index (χ1) is 8.48. The summed E-state index contributed by atoms with van der Waals surface area (Å²) in [6.45, 7) is 2.16. The van der Waals surface area contributed by atoms with Crippen LogP contribution in [-0.2, 0) is 10.2 Å². The van der Waals surface area contributed by atoms with Gasteiger partial charge in [0.1, 0.15) is 0 Å². The van der Waals surface area contributed by atoms with Gasteiger partial charge in [0.15, 0.2) is 0 Å². The molecule has 1 aliphatic rings. The Morgan fingerprint density at radius 1 is 1.39 bits per heavy atom. The van der Waals surface area contributed by atoms with Crippen molar-refractivity contribution in [1.29, 1.82) is 0 Å². The van der Waals surface area contributed by atoms with Crippen LogP contribution in [-0.4, -0.2) is 14.5 Å². The minimum Gasteiger partial charge on any atom is -0.382 e. The third-order valence-electron chi connectivity index (χ3n) is 3.11. The van der Waals surface area contributed by atoms with Gasteiger partial charge in [0.2, 0.25) is 0 Å². The lowest BCUT2D eigenvalue weighted by molar-refractivity contribution is 0.603. The highest BCUT2D eigenvalue weighted by Gasteiger charge is 2.29. The number of hydrogen-bond acceptors (Lipinski definition) is 3. The quantitative estimate of drug-likeness (QED) is 0.737. The maximum absolute atomic E-state index is 11.0. The van der Waals surface area contributed by atoms with E-state index >= 15 is 0 Å². The van der Waals surface area contributed by atoms with Gasteiger partial charge in [-0.3, -0.25) is 4.72 Å². The first-order valence-corrected chi connectivity index (χ1v) is 7.69. The van der Waals surface area contributed by atoms with Gasteiger partial charge in [-0.25, -0.2) is 5.14 Å². The minimum atomic E-state index is -3.71. The Kier molecular flexibility index (Phi) is 3.77. The molecule has 0 aromatic heterocycles. The second-order valence-corrected chi connectivity index (χ2v) is 6.02. The first-order valence-electron chi connectivity index (χ1n) is 6.15. The summed E-state index contributed by atoms with van der Waals surface area (Å²) in [7, 11) is -3.71. The van der Waals surface area contributed by atoms with Crippen LogP contribution in [0.1, 0.15) is 26.2 Å². The van der Waals surface area contributed by atoms with E-state index in [1.165, 1.54) is 12.8 Å². The van der Waals surface area contributed by atoms with Crippen LogP contribution < -0.4 is 15.2 Å². The number of nitrogens with two attached hydrogens (primary N) is 1. The van der Waals surface area contributed by atoms with Gasteiger partial charge in [0.25, 0.3) is 10.2 Å². The number of hydrogen-bond donors (Lipinski definition) is 3. The van der Waals surface area contributed by atoms with Gasteiger partial charge >= 0.3 is 0 Å². The Morgan fingerprint density at radius 2 is 2.06 bits per heavy atom. The molecule has 0 aliphatic heterocycles. The zero-order chi connectivity index (χ0) is 13.2. The average molecular weight is 269 g/mol. The molecule has 18 heavy (non-hydrogen) atoms. The van der Waals surface area contributed by atoms with Crippen molar-refractivity contribution >= 4 is 21.6 Å². The zero-order valence-electron chi connectivity index (χ0n) is 10.4. The smallest absolute Gasteiger partial charge is 0.296 e. The monoisotopic (exact) mass is 269 g/mol. The van der Waals surface area contributed by atoms with E-state index < -0.39 is 10.2 Å². The van der Waals surface area contributed by atoms with E-state index in [0.717, 1.165) is 18.0 Å². The largest absolute Gasteiger partial charge is 0.382 e. The van der Waals surface area contributed by atoms with E-state index in [9.17, 15) is 8.42 Å². The lowest BCUT2D eigenvalue weighted by atomic mass is 10.1. The molecule has 4 N–H and O–H groups in total. The molecule has 0 spiro atoms. The van der Waals surface area contributed by atoms with Crippen LogP contribution in [0.25, 0.3) is 0 Å². The highest BCUT2D eigenvalue weighted by atomic mass is 32.2. The summed E-state index contributed by atoms with van der Waals surface area (Å²) >= 11 is 0. The molecule has 0 amide bonds. The molecule has 0 radical (unpaired) electrons. The van der Waals surface area contributed by atoms with Crippen LogP contribution in [0.5, 0.6) is 0 Å². The van der Waals surface area contributed by atoms with Crippen LogP contribution in [0.15, 0.2) is 24.3 Å². The molecule has 1 aliphatic carbocycles. The summed E-state index contributed by atoms with van der Waals surface area (Å²) in [6.07, 6.45) is 3.62. The molecule has 0 saturated heterocycles. The van der Waals surface area contributed by atoms with E-state index in [2.05, 4.69) is 17.0 Å². The summed E-state index contributed by atoms with van der Waals surface area (Å²) in [5.41, 5.74) is 1.40. The highest BCUT2D eigenvalue weighted by Crippen LogP contribution is 2.35. The van der Waals surface area contributed by atoms with Crippen molar-refractivity contribution in [2.24, 2.45) is 11.1 Å². The van der Waals surface area contributed by atoms with Gasteiger partial charge < -0.3 is 5.32 Å². The molecule has 0 heterocycles. The SMILES string of the molecule is CCC(Nc1cccc(NS(N)(=O)=O)c1)C1CC1. The topological polar surface area (TPSA) is 84.2 Å². The van der Waals surface area contributed by atoms with Gasteiger partial charge in [-0.1, -0.05) is 13.0 Å². The molecule has 1 aromatic rings. The van der Waals surface area contributed by atoms with E-state index in [1.807, 2.05) is 6.07 Å². The summed E-state index contributed by atoms with van der Waals surface area (Å²) in [4.78, 5) is 0. The van der Waals surface area contributed by atoms with Crippen molar-refractivity contribution in [3.05, 3.63) is 24.3 Å². The predicted molar refractivity (Wildman–Crippen MR) is 73.6 cm³/mol. The fraction of sp³-hybridized carbons (Fsp3) is 0.500. The van der Waals surface area contributed by atoms with Gasteiger partial charge in [-0.05, 0) is 43.4 Å². The highest BCUT2D eigenvalue weighted by molar-refractivity contribution is 7.90. The molecule has 1 fully saturated rings. The van der Waals surface area contributed by atoms with Gasteiger partial charge in [0.05, 0.1) is 5.69 Å². The van der Waals surface area contributed by atoms with E-state index in [1.54, 1.807) is 18.2 Å². The van der Waals surface area contributed by atoms with Crippen LogP contribution in [0.4, 0.5) is 11.4 Å². The minimum absolute atomic E-state index is 0.467. The molecular formula is C12H19N3O2S. The second kappa shape index (κ2) is 5.16. The molecule has 1 saturated carbocycles. The molecule has 1 unspecified atom stereocenters. The van der Waals surface area contributed by atoms with Crippen molar-refractivity contribution in [2.45, 2.75) is 32.2 Å². The summed E-state index contributed by atoms with van der Waals surface area (Å²) in [6, 6.07) is 7.63. The van der Waals surface area contributed by atoms with Crippen molar-refractivity contribution in [1.82, 2.24) is 0 Å². The standard InChI is InChI=1S/C12H19N3O2S/c1-2-12(9-6-7-9)14-10-4-3-5-11(8-10)15-18(13,16)17/h3-5,8-9,12,14-15H,2,6-7H2,1H3,(H2,13,16,17). The van der Waals surface area contributed by atoms with Crippen LogP contribution in [0, 0.1) is 5.92 Å². The first kappa shape index (κ1) is 13.2. The van der Waals surface area contributed by atoms with Crippen LogP contribution in [0.3, 0.4) is 0 Å². The molecule has 5 nitrogen and oxygen atoms in total. The summed E-state index contributed by atoms with van der Waals surface area (Å²) in [5, 5.41) is 8.39. The number of rotatable bonds is 6. The number of nitrogens with one attached hydrogen (secondary N) is 2. The Balaban J connectivity index is 2.06. The number of benzene rings is 1. The summed E-state index contributed by atoms with van der Waals surface area (Å²) in [5.74, 6) is 0.754. The summed E-state index contributed by atoms with van der Waals surface area (Å²) < 4.78 is 24.2. The Labute approximate surface area is 108 Å². The third-order valence-corrected chi connectivity index (χ3v) is 3.63. The van der Waals surface area contributed by atoms with Gasteiger partial charge in [-0.15, -0.1) is 0 Å². The lowest BCUT2D eigenvalue weighted by Gasteiger charge is -2.18. The van der Waals surface area contributed by atoms with Gasteiger partial charge in [0, 0.05) is 11.7 Å². The van der Waals surface area contributed by atoms with Crippen molar-refractivity contribution in [3.63, 3.8) is 0 Å². The Hall–Kier alpha value is -1.27. The average Bonchev–Trinajstić information content (AvgIpc) is 3.08. The fourth-order valence-electron chi connectivity index (χ4n) is 2.10. The maximum Gasteiger partial charge on any atom is 0.296 e. The number of anilines is 2. The van der Waals surface area contributed by atoms with Crippen molar-refractivity contribution < 1.29 is 8.42 Å². The second-order valence-electron chi connectivity index (χ2n) is 4.72. The lowest BCUT2D eigenvalue weighted by Crippen LogP contribution is -2.22. The van der Waals surface area contributed by atoms with E-state index in [4.69, 9.17) is 5.14 Å². The normalized spacial score (nSPS) is 17.2. The maximum atomic E-state index is 11.0. The zero-order valence-corrected chi connectivity index (χ0v) is 11.2. The molecular weight excluding hydrogens is 250 g/mol. The third kappa shape index (κ3) is 3.89. The van der Waals surface area contributed by atoms with Crippen molar-refractivity contribution in [3.8, 4) is 0 Å². The molecule has 0 bridgehead atoms. The fourth-order valence-corrected chi connectivity index (χ4v) is 2.56. The Morgan fingerprint density at radius 3 is 2.61 bits per heavy atom. The molecule has 1 atom stereocenters. The van der Waals surface area contributed by atoms with Crippen molar-refractivity contribution in [2.75, 3.05) is 10.0 Å². The predicted octanol–water partition coefficient (Wildman–Crippen LogP) is 1.90. The van der Waals surface area contributed by atoms with Gasteiger partial charge in [-0.2, -0.15) is 8.42 Å². The van der Waals surface area contributed by atoms with Crippen LogP contribution in [0.2, 0.25) is 0 Å². The Bertz CT molecular complexity index is 512. The van der Waals surface area contributed by atoms with E-state index in [-0.39, 0.29) is 0 Å². The van der Waals surface area contributed by atoms with Crippen LogP contribution >= 0.6 is 0 Å². The molecule has 6 heteroatoms. The molecule has 2 rings (SSSR count).